The largest absolute Gasteiger partial charge is 0.361 e. The van der Waals surface area contributed by atoms with Crippen molar-refractivity contribution in [3.8, 4) is 0 Å². The Hall–Kier alpha value is -1.78. The zero-order chi connectivity index (χ0) is 14.7. The topological polar surface area (TPSA) is 43.1 Å². The molecule has 0 spiro atoms. The predicted octanol–water partition coefficient (Wildman–Crippen LogP) is 4.54. The van der Waals surface area contributed by atoms with Crippen molar-refractivity contribution in [3.63, 3.8) is 0 Å². The van der Waals surface area contributed by atoms with Crippen LogP contribution in [0.25, 0.3) is 10.8 Å². The smallest absolute Gasteiger partial charge is 0.274 e. The molecule has 0 aliphatic carbocycles. The van der Waals surface area contributed by atoms with Gasteiger partial charge in [-0.15, -0.1) is 11.8 Å². The van der Waals surface area contributed by atoms with E-state index in [9.17, 15) is 4.79 Å². The summed E-state index contributed by atoms with van der Waals surface area (Å²) >= 11 is 7.08. The van der Waals surface area contributed by atoms with Crippen molar-refractivity contribution in [2.75, 3.05) is 5.75 Å². The Morgan fingerprint density at radius 3 is 2.71 bits per heavy atom. The number of rotatable bonds is 5. The number of nitrogens with zero attached hydrogens (tertiary/aromatic N) is 1. The van der Waals surface area contributed by atoms with Crippen molar-refractivity contribution >= 4 is 39.4 Å². The van der Waals surface area contributed by atoms with Crippen LogP contribution < -0.4 is 0 Å². The average molecular weight is 318 g/mol. The van der Waals surface area contributed by atoms with E-state index in [1.54, 1.807) is 17.8 Å². The van der Waals surface area contributed by atoms with Crippen molar-refractivity contribution in [1.29, 1.82) is 0 Å². The van der Waals surface area contributed by atoms with E-state index in [4.69, 9.17) is 16.1 Å². The number of thioether (sulfide) groups is 1. The molecule has 0 saturated carbocycles. The van der Waals surface area contributed by atoms with Gasteiger partial charge < -0.3 is 4.52 Å². The Balaban J connectivity index is 1.62. The first-order valence-corrected chi connectivity index (χ1v) is 7.86. The highest BCUT2D eigenvalue weighted by atomic mass is 35.5. The highest BCUT2D eigenvalue weighted by Gasteiger charge is 2.09. The molecule has 106 valence electrons. The Morgan fingerprint density at radius 1 is 1.14 bits per heavy atom. The molecular weight excluding hydrogens is 306 g/mol. The van der Waals surface area contributed by atoms with E-state index in [-0.39, 0.29) is 5.69 Å². The maximum atomic E-state index is 10.9. The third kappa shape index (κ3) is 3.46. The first-order chi connectivity index (χ1) is 10.2. The number of hydrogen-bond donors (Lipinski definition) is 0. The third-order valence-electron chi connectivity index (χ3n) is 3.10. The van der Waals surface area contributed by atoms with E-state index in [0.29, 0.717) is 12.2 Å². The Bertz CT molecular complexity index is 785. The number of carbonyl (C=O) groups is 1. The molecule has 0 bridgehead atoms. The van der Waals surface area contributed by atoms with E-state index in [2.05, 4.69) is 35.5 Å². The lowest BCUT2D eigenvalue weighted by atomic mass is 10.1. The van der Waals surface area contributed by atoms with Crippen molar-refractivity contribution < 1.29 is 9.32 Å². The van der Waals surface area contributed by atoms with Crippen LogP contribution in [0.15, 0.2) is 57.9 Å². The summed E-state index contributed by atoms with van der Waals surface area (Å²) in [5.74, 6) is 1.52. The van der Waals surface area contributed by atoms with E-state index in [0.717, 1.165) is 5.75 Å². The first-order valence-electron chi connectivity index (χ1n) is 6.49. The van der Waals surface area contributed by atoms with Crippen LogP contribution in [0.5, 0.6) is 0 Å². The van der Waals surface area contributed by atoms with E-state index in [1.807, 2.05) is 12.1 Å². The summed E-state index contributed by atoms with van der Waals surface area (Å²) in [6.45, 7) is 0. The quantitative estimate of drug-likeness (QED) is 0.512. The first kappa shape index (κ1) is 14.2. The molecule has 3 aromatic rings. The molecule has 0 N–H and O–H groups in total. The molecule has 0 saturated heterocycles. The van der Waals surface area contributed by atoms with Gasteiger partial charge in [0.05, 0.1) is 0 Å². The molecule has 1 aromatic heterocycles. The van der Waals surface area contributed by atoms with Gasteiger partial charge in [-0.3, -0.25) is 4.79 Å². The minimum Gasteiger partial charge on any atom is -0.361 e. The molecule has 3 nitrogen and oxygen atoms in total. The molecule has 1 heterocycles. The fourth-order valence-electron chi connectivity index (χ4n) is 2.05. The summed E-state index contributed by atoms with van der Waals surface area (Å²) in [5.41, 5.74) is 0.169. The summed E-state index contributed by atoms with van der Waals surface area (Å²) in [6.07, 6.45) is 0.703. The molecule has 0 radical (unpaired) electrons. The molecule has 5 heteroatoms. The standard InChI is InChI=1S/C16H12ClNO2S/c17-16(19)15-10-13(20-18-15)7-8-21-14-6-5-11-3-1-2-4-12(11)9-14/h1-6,9-10H,7-8H2. The van der Waals surface area contributed by atoms with Crippen LogP contribution in [0.2, 0.25) is 0 Å². The van der Waals surface area contributed by atoms with Gasteiger partial charge in [0.1, 0.15) is 5.76 Å². The monoisotopic (exact) mass is 317 g/mol. The molecule has 3 rings (SSSR count). The fourth-order valence-corrected chi connectivity index (χ4v) is 3.05. The lowest BCUT2D eigenvalue weighted by Crippen LogP contribution is -1.87. The minimum absolute atomic E-state index is 0.169. The molecule has 0 amide bonds. The maximum absolute atomic E-state index is 10.9. The van der Waals surface area contributed by atoms with Crippen LogP contribution in [-0.2, 0) is 6.42 Å². The number of hydrogen-bond acceptors (Lipinski definition) is 4. The normalized spacial score (nSPS) is 10.9. The van der Waals surface area contributed by atoms with Crippen LogP contribution in [0.1, 0.15) is 16.2 Å². The van der Waals surface area contributed by atoms with Crippen molar-refractivity contribution in [3.05, 3.63) is 60.0 Å². The SMILES string of the molecule is O=C(Cl)c1cc(CCSc2ccc3ccccc3c2)on1. The second-order valence-electron chi connectivity index (χ2n) is 4.56. The summed E-state index contributed by atoms with van der Waals surface area (Å²) in [4.78, 5) is 12.1. The lowest BCUT2D eigenvalue weighted by Gasteiger charge is -2.02. The molecule has 0 aliphatic rings. The molecule has 2 aromatic carbocycles. The summed E-state index contributed by atoms with van der Waals surface area (Å²) in [6, 6.07) is 16.3. The zero-order valence-electron chi connectivity index (χ0n) is 11.1. The molecule has 0 atom stereocenters. The number of carbonyl (C=O) groups excluding carboxylic acids is 1. The Kier molecular flexibility index (Phi) is 4.27. The van der Waals surface area contributed by atoms with Gasteiger partial charge in [0.15, 0.2) is 5.69 Å². The van der Waals surface area contributed by atoms with E-state index < -0.39 is 5.24 Å². The predicted molar refractivity (Wildman–Crippen MR) is 85.1 cm³/mol. The molecule has 0 fully saturated rings. The van der Waals surface area contributed by atoms with Crippen molar-refractivity contribution in [2.24, 2.45) is 0 Å². The van der Waals surface area contributed by atoms with Crippen LogP contribution in [0, 0.1) is 0 Å². The van der Waals surface area contributed by atoms with Gasteiger partial charge in [-0.05, 0) is 34.5 Å². The lowest BCUT2D eigenvalue weighted by molar-refractivity contribution is 0.107. The van der Waals surface area contributed by atoms with Crippen molar-refractivity contribution in [1.82, 2.24) is 5.16 Å². The van der Waals surface area contributed by atoms with Gasteiger partial charge in [0, 0.05) is 23.1 Å². The molecule has 0 aliphatic heterocycles. The van der Waals surface area contributed by atoms with Crippen LogP contribution in [0.4, 0.5) is 0 Å². The second kappa shape index (κ2) is 6.33. The van der Waals surface area contributed by atoms with E-state index in [1.165, 1.54) is 15.7 Å². The third-order valence-corrected chi connectivity index (χ3v) is 4.29. The summed E-state index contributed by atoms with van der Waals surface area (Å²) in [7, 11) is 0. The van der Waals surface area contributed by atoms with Gasteiger partial charge in [0.25, 0.3) is 5.24 Å². The number of benzene rings is 2. The Labute approximate surface area is 131 Å². The number of fused-ring (bicyclic) bond motifs is 1. The molecule has 0 unspecified atom stereocenters. The van der Waals surface area contributed by atoms with Crippen LogP contribution in [0.3, 0.4) is 0 Å². The van der Waals surface area contributed by atoms with Crippen molar-refractivity contribution in [2.45, 2.75) is 11.3 Å². The van der Waals surface area contributed by atoms with Gasteiger partial charge in [-0.1, -0.05) is 35.5 Å². The molecular formula is C16H12ClNO2S. The summed E-state index contributed by atoms with van der Waals surface area (Å²) in [5, 5.41) is 5.50. The van der Waals surface area contributed by atoms with Gasteiger partial charge >= 0.3 is 0 Å². The van der Waals surface area contributed by atoms with E-state index >= 15 is 0 Å². The Morgan fingerprint density at radius 2 is 1.95 bits per heavy atom. The second-order valence-corrected chi connectivity index (χ2v) is 6.07. The average Bonchev–Trinajstić information content (AvgIpc) is 2.96. The van der Waals surface area contributed by atoms with Gasteiger partial charge in [-0.2, -0.15) is 0 Å². The number of aromatic nitrogens is 1. The summed E-state index contributed by atoms with van der Waals surface area (Å²) < 4.78 is 5.07. The van der Waals surface area contributed by atoms with Gasteiger partial charge in [0.2, 0.25) is 0 Å². The highest BCUT2D eigenvalue weighted by molar-refractivity contribution is 7.99. The van der Waals surface area contributed by atoms with Gasteiger partial charge in [-0.25, -0.2) is 0 Å². The molecule has 21 heavy (non-hydrogen) atoms. The zero-order valence-corrected chi connectivity index (χ0v) is 12.7. The minimum atomic E-state index is -0.591. The fraction of sp³-hybridized carbons (Fsp3) is 0.125. The highest BCUT2D eigenvalue weighted by Crippen LogP contribution is 2.24. The van der Waals surface area contributed by atoms with Crippen LogP contribution >= 0.6 is 23.4 Å². The maximum Gasteiger partial charge on any atom is 0.274 e. The number of halogens is 1. The van der Waals surface area contributed by atoms with Crippen LogP contribution in [-0.4, -0.2) is 16.2 Å². The number of aryl methyl sites for hydroxylation is 1.